The van der Waals surface area contributed by atoms with E-state index in [1.807, 2.05) is 44.3 Å². The number of likely N-dealkylation sites (N-methyl/N-ethyl adjacent to an activating group) is 1. The van der Waals surface area contributed by atoms with E-state index in [-0.39, 0.29) is 18.3 Å². The minimum absolute atomic E-state index is 0.106. The van der Waals surface area contributed by atoms with Gasteiger partial charge in [-0.25, -0.2) is 4.39 Å². The predicted molar refractivity (Wildman–Crippen MR) is 88.1 cm³/mol. The van der Waals surface area contributed by atoms with Crippen molar-refractivity contribution in [3.05, 3.63) is 59.9 Å². The molecule has 0 aliphatic carbocycles. The van der Waals surface area contributed by atoms with Gasteiger partial charge in [0.15, 0.2) is 6.54 Å². The number of nitrogens with one attached hydrogen (secondary N) is 2. The topological polar surface area (TPSA) is 42.8 Å². The number of hydrogen-bond donors (Lipinski definition) is 2. The molecule has 4 nitrogen and oxygen atoms in total. The minimum atomic E-state index is -0.259. The molecule has 0 saturated carbocycles. The van der Waals surface area contributed by atoms with E-state index in [1.165, 1.54) is 12.1 Å². The number of ether oxygens (including phenoxy) is 1. The van der Waals surface area contributed by atoms with Gasteiger partial charge in [-0.15, -0.1) is 0 Å². The lowest BCUT2D eigenvalue weighted by molar-refractivity contribution is -0.885. The Morgan fingerprint density at radius 3 is 2.74 bits per heavy atom. The van der Waals surface area contributed by atoms with E-state index in [2.05, 4.69) is 5.32 Å². The second-order valence-electron chi connectivity index (χ2n) is 5.42. The standard InChI is InChI=1S/C18H21FN2O2/c1-3-23-17-10-5-4-9-16(17)20-18(22)13-21(2)12-14-7-6-8-15(19)11-14/h4-11H,3,12-13H2,1-2H3,(H,20,22)/p+1. The molecule has 0 aromatic heterocycles. The summed E-state index contributed by atoms with van der Waals surface area (Å²) in [5.41, 5.74) is 1.53. The molecular formula is C18H22FN2O2+. The van der Waals surface area contributed by atoms with Crippen molar-refractivity contribution in [3.8, 4) is 5.75 Å². The van der Waals surface area contributed by atoms with Crippen LogP contribution in [0.4, 0.5) is 10.1 Å². The Balaban J connectivity index is 1.91. The number of benzene rings is 2. The van der Waals surface area contributed by atoms with Gasteiger partial charge >= 0.3 is 0 Å². The molecule has 0 spiro atoms. The van der Waals surface area contributed by atoms with E-state index >= 15 is 0 Å². The predicted octanol–water partition coefficient (Wildman–Crippen LogP) is 1.88. The van der Waals surface area contributed by atoms with Crippen LogP contribution in [0, 0.1) is 5.82 Å². The maximum atomic E-state index is 13.2. The summed E-state index contributed by atoms with van der Waals surface area (Å²) in [6.45, 7) is 3.31. The van der Waals surface area contributed by atoms with Gasteiger partial charge in [0.1, 0.15) is 18.1 Å². The van der Waals surface area contributed by atoms with Crippen molar-refractivity contribution in [3.63, 3.8) is 0 Å². The highest BCUT2D eigenvalue weighted by Crippen LogP contribution is 2.23. The monoisotopic (exact) mass is 317 g/mol. The quantitative estimate of drug-likeness (QED) is 0.819. The van der Waals surface area contributed by atoms with Gasteiger partial charge in [-0.05, 0) is 31.2 Å². The molecule has 0 aliphatic rings. The Labute approximate surface area is 135 Å². The second-order valence-corrected chi connectivity index (χ2v) is 5.42. The molecule has 23 heavy (non-hydrogen) atoms. The molecule has 2 N–H and O–H groups in total. The first kappa shape index (κ1) is 17.0. The summed E-state index contributed by atoms with van der Waals surface area (Å²) >= 11 is 0. The van der Waals surface area contributed by atoms with Gasteiger partial charge in [0.05, 0.1) is 19.3 Å². The highest BCUT2D eigenvalue weighted by Gasteiger charge is 2.13. The fourth-order valence-corrected chi connectivity index (χ4v) is 2.38. The summed E-state index contributed by atoms with van der Waals surface area (Å²) in [5, 5.41) is 2.86. The Kier molecular flexibility index (Phi) is 6.11. The Hall–Kier alpha value is -2.40. The number of rotatable bonds is 7. The number of hydrogen-bond acceptors (Lipinski definition) is 2. The average Bonchev–Trinajstić information content (AvgIpc) is 2.49. The van der Waals surface area contributed by atoms with Crippen molar-refractivity contribution >= 4 is 11.6 Å². The van der Waals surface area contributed by atoms with E-state index in [1.54, 1.807) is 6.07 Å². The van der Waals surface area contributed by atoms with Gasteiger partial charge in [0.2, 0.25) is 0 Å². The minimum Gasteiger partial charge on any atom is -0.492 e. The molecule has 1 atom stereocenters. The van der Waals surface area contributed by atoms with Gasteiger partial charge in [0.25, 0.3) is 5.91 Å². The summed E-state index contributed by atoms with van der Waals surface area (Å²) in [5.74, 6) is 0.294. The van der Waals surface area contributed by atoms with Crippen LogP contribution < -0.4 is 15.0 Å². The normalized spacial score (nSPS) is 11.8. The van der Waals surface area contributed by atoms with E-state index in [4.69, 9.17) is 4.74 Å². The van der Waals surface area contributed by atoms with E-state index in [0.717, 1.165) is 10.5 Å². The Morgan fingerprint density at radius 1 is 1.22 bits per heavy atom. The molecule has 122 valence electrons. The highest BCUT2D eigenvalue weighted by molar-refractivity contribution is 5.92. The first-order valence-electron chi connectivity index (χ1n) is 7.66. The first-order valence-corrected chi connectivity index (χ1v) is 7.66. The molecular weight excluding hydrogens is 295 g/mol. The second kappa shape index (κ2) is 8.29. The van der Waals surface area contributed by atoms with Crippen molar-refractivity contribution in [2.75, 3.05) is 25.5 Å². The average molecular weight is 317 g/mol. The molecule has 0 fully saturated rings. The molecule has 2 rings (SSSR count). The van der Waals surface area contributed by atoms with Crippen molar-refractivity contribution in [1.82, 2.24) is 0 Å². The van der Waals surface area contributed by atoms with Gasteiger partial charge in [-0.1, -0.05) is 24.3 Å². The van der Waals surface area contributed by atoms with Crippen molar-refractivity contribution in [2.24, 2.45) is 0 Å². The van der Waals surface area contributed by atoms with Crippen LogP contribution in [0.3, 0.4) is 0 Å². The zero-order valence-corrected chi connectivity index (χ0v) is 13.4. The maximum Gasteiger partial charge on any atom is 0.279 e. The summed E-state index contributed by atoms with van der Waals surface area (Å²) in [6.07, 6.45) is 0. The molecule has 1 unspecified atom stereocenters. The number of para-hydroxylation sites is 2. The number of anilines is 1. The Bertz CT molecular complexity index is 661. The van der Waals surface area contributed by atoms with Crippen LogP contribution in [0.2, 0.25) is 0 Å². The molecule has 0 radical (unpaired) electrons. The van der Waals surface area contributed by atoms with Gasteiger partial charge in [-0.3, -0.25) is 4.79 Å². The van der Waals surface area contributed by atoms with Crippen LogP contribution >= 0.6 is 0 Å². The van der Waals surface area contributed by atoms with Gasteiger partial charge in [0, 0.05) is 5.56 Å². The lowest BCUT2D eigenvalue weighted by atomic mass is 10.2. The SMILES string of the molecule is CCOc1ccccc1NC(=O)C[NH+](C)Cc1cccc(F)c1. The van der Waals surface area contributed by atoms with E-state index < -0.39 is 0 Å². The maximum absolute atomic E-state index is 13.2. The third-order valence-electron chi connectivity index (χ3n) is 3.32. The zero-order chi connectivity index (χ0) is 16.7. The van der Waals surface area contributed by atoms with Crippen LogP contribution in [0.25, 0.3) is 0 Å². The summed E-state index contributed by atoms with van der Waals surface area (Å²) < 4.78 is 18.7. The van der Waals surface area contributed by atoms with Crippen LogP contribution in [-0.2, 0) is 11.3 Å². The Morgan fingerprint density at radius 2 is 2.00 bits per heavy atom. The number of quaternary nitrogens is 1. The zero-order valence-electron chi connectivity index (χ0n) is 13.4. The van der Waals surface area contributed by atoms with Crippen LogP contribution in [0.15, 0.2) is 48.5 Å². The van der Waals surface area contributed by atoms with Crippen molar-refractivity contribution < 1.29 is 18.8 Å². The number of halogens is 1. The highest BCUT2D eigenvalue weighted by atomic mass is 19.1. The molecule has 2 aromatic rings. The third kappa shape index (κ3) is 5.38. The fraction of sp³-hybridized carbons (Fsp3) is 0.278. The molecule has 2 aromatic carbocycles. The number of carbonyl (C=O) groups excluding carboxylic acids is 1. The van der Waals surface area contributed by atoms with E-state index in [9.17, 15) is 9.18 Å². The van der Waals surface area contributed by atoms with Crippen LogP contribution in [0.5, 0.6) is 5.75 Å². The lowest BCUT2D eigenvalue weighted by Gasteiger charge is -2.15. The largest absolute Gasteiger partial charge is 0.492 e. The molecule has 0 aliphatic heterocycles. The first-order chi connectivity index (χ1) is 11.1. The van der Waals surface area contributed by atoms with Crippen molar-refractivity contribution in [2.45, 2.75) is 13.5 Å². The van der Waals surface area contributed by atoms with Crippen molar-refractivity contribution in [1.29, 1.82) is 0 Å². The van der Waals surface area contributed by atoms with Crippen LogP contribution in [-0.4, -0.2) is 26.1 Å². The fourth-order valence-electron chi connectivity index (χ4n) is 2.38. The molecule has 5 heteroatoms. The molecule has 0 heterocycles. The van der Waals surface area contributed by atoms with Crippen LogP contribution in [0.1, 0.15) is 12.5 Å². The van der Waals surface area contributed by atoms with Gasteiger partial charge < -0.3 is 15.0 Å². The number of carbonyl (C=O) groups is 1. The van der Waals surface area contributed by atoms with Gasteiger partial charge in [-0.2, -0.15) is 0 Å². The lowest BCUT2D eigenvalue weighted by Crippen LogP contribution is -3.08. The molecule has 0 saturated heterocycles. The smallest absolute Gasteiger partial charge is 0.279 e. The summed E-state index contributed by atoms with van der Waals surface area (Å²) in [7, 11) is 1.90. The summed E-state index contributed by atoms with van der Waals surface area (Å²) in [6, 6.07) is 13.8. The van der Waals surface area contributed by atoms with E-state index in [0.29, 0.717) is 24.6 Å². The molecule has 1 amide bonds. The summed E-state index contributed by atoms with van der Waals surface area (Å²) in [4.78, 5) is 13.1. The molecule has 0 bridgehead atoms. The number of amides is 1. The third-order valence-corrected chi connectivity index (χ3v) is 3.32.